The van der Waals surface area contributed by atoms with Crippen LogP contribution in [0.5, 0.6) is 0 Å². The molecular weight excluding hydrogens is 248 g/mol. The molecular formula is C12H12N4OS. The van der Waals surface area contributed by atoms with Gasteiger partial charge in [-0.25, -0.2) is 9.97 Å². The van der Waals surface area contributed by atoms with E-state index in [2.05, 4.69) is 15.0 Å². The van der Waals surface area contributed by atoms with Crippen LogP contribution in [0, 0.1) is 0 Å². The molecule has 0 amide bonds. The van der Waals surface area contributed by atoms with E-state index in [1.807, 2.05) is 24.4 Å². The second kappa shape index (κ2) is 4.38. The molecule has 92 valence electrons. The van der Waals surface area contributed by atoms with Crippen LogP contribution in [0.2, 0.25) is 0 Å². The van der Waals surface area contributed by atoms with Crippen molar-refractivity contribution in [1.82, 2.24) is 19.5 Å². The Morgan fingerprint density at radius 1 is 1.50 bits per heavy atom. The van der Waals surface area contributed by atoms with Gasteiger partial charge in [-0.05, 0) is 17.9 Å². The number of hydrogen-bond acceptors (Lipinski definition) is 4. The lowest BCUT2D eigenvalue weighted by atomic mass is 10.4. The third-order valence-corrected chi connectivity index (χ3v) is 3.57. The lowest BCUT2D eigenvalue weighted by Gasteiger charge is -2.00. The molecule has 0 spiro atoms. The normalized spacial score (nSPS) is 11.2. The second-order valence-electron chi connectivity index (χ2n) is 4.00. The number of nitrogens with zero attached hydrogens (tertiary/aromatic N) is 3. The monoisotopic (exact) mass is 260 g/mol. The zero-order chi connectivity index (χ0) is 12.5. The molecule has 0 bridgehead atoms. The van der Waals surface area contributed by atoms with Crippen LogP contribution in [-0.4, -0.2) is 19.5 Å². The zero-order valence-corrected chi connectivity index (χ0v) is 10.7. The SMILES string of the molecule is CCCn1cnc2nc(-c3cccs3)[nH]c2c1=O. The van der Waals surface area contributed by atoms with Gasteiger partial charge in [0.05, 0.1) is 4.88 Å². The standard InChI is InChI=1S/C12H12N4OS/c1-2-5-16-7-13-11-9(12(16)17)14-10(15-11)8-4-3-6-18-8/h3-4,6-7H,2,5H2,1H3,(H,14,15). The van der Waals surface area contributed by atoms with Gasteiger partial charge in [-0.1, -0.05) is 13.0 Å². The van der Waals surface area contributed by atoms with Crippen molar-refractivity contribution in [3.63, 3.8) is 0 Å². The molecule has 0 aliphatic rings. The third kappa shape index (κ3) is 1.74. The summed E-state index contributed by atoms with van der Waals surface area (Å²) in [7, 11) is 0. The summed E-state index contributed by atoms with van der Waals surface area (Å²) in [5.74, 6) is 0.707. The first-order chi connectivity index (χ1) is 8.79. The lowest BCUT2D eigenvalue weighted by molar-refractivity contribution is 0.647. The minimum absolute atomic E-state index is 0.0582. The van der Waals surface area contributed by atoms with Gasteiger partial charge in [0.15, 0.2) is 17.0 Å². The minimum atomic E-state index is -0.0582. The molecule has 6 heteroatoms. The summed E-state index contributed by atoms with van der Waals surface area (Å²) >= 11 is 1.58. The maximum absolute atomic E-state index is 12.2. The number of fused-ring (bicyclic) bond motifs is 1. The summed E-state index contributed by atoms with van der Waals surface area (Å²) in [6, 6.07) is 3.92. The fourth-order valence-electron chi connectivity index (χ4n) is 1.86. The van der Waals surface area contributed by atoms with E-state index in [1.54, 1.807) is 22.2 Å². The Hall–Kier alpha value is -1.95. The molecule has 0 aliphatic carbocycles. The van der Waals surface area contributed by atoms with Gasteiger partial charge < -0.3 is 4.98 Å². The Morgan fingerprint density at radius 2 is 2.39 bits per heavy atom. The van der Waals surface area contributed by atoms with Crippen LogP contribution in [0.4, 0.5) is 0 Å². The molecule has 0 atom stereocenters. The fourth-order valence-corrected chi connectivity index (χ4v) is 2.53. The first-order valence-electron chi connectivity index (χ1n) is 5.78. The zero-order valence-electron chi connectivity index (χ0n) is 9.88. The molecule has 5 nitrogen and oxygen atoms in total. The first kappa shape index (κ1) is 11.2. The van der Waals surface area contributed by atoms with Crippen LogP contribution in [0.15, 0.2) is 28.6 Å². The second-order valence-corrected chi connectivity index (χ2v) is 4.95. The lowest BCUT2D eigenvalue weighted by Crippen LogP contribution is -2.20. The van der Waals surface area contributed by atoms with Crippen molar-refractivity contribution >= 4 is 22.5 Å². The first-order valence-corrected chi connectivity index (χ1v) is 6.66. The summed E-state index contributed by atoms with van der Waals surface area (Å²) in [6.45, 7) is 2.70. The number of rotatable bonds is 3. The van der Waals surface area contributed by atoms with Crippen molar-refractivity contribution in [2.75, 3.05) is 0 Å². The topological polar surface area (TPSA) is 63.6 Å². The smallest absolute Gasteiger partial charge is 0.279 e. The minimum Gasteiger partial charge on any atom is -0.331 e. The van der Waals surface area contributed by atoms with E-state index in [1.165, 1.54) is 0 Å². The Kier molecular flexibility index (Phi) is 2.71. The highest BCUT2D eigenvalue weighted by Gasteiger charge is 2.11. The van der Waals surface area contributed by atoms with Crippen molar-refractivity contribution in [2.24, 2.45) is 0 Å². The highest BCUT2D eigenvalue weighted by molar-refractivity contribution is 7.13. The van der Waals surface area contributed by atoms with Crippen LogP contribution < -0.4 is 5.56 Å². The Morgan fingerprint density at radius 3 is 3.11 bits per heavy atom. The predicted octanol–water partition coefficient (Wildman–Crippen LogP) is 2.26. The van der Waals surface area contributed by atoms with Crippen LogP contribution >= 0.6 is 11.3 Å². The Bertz CT molecular complexity index is 726. The van der Waals surface area contributed by atoms with Gasteiger partial charge in [-0.2, -0.15) is 0 Å². The van der Waals surface area contributed by atoms with Gasteiger partial charge in [0.1, 0.15) is 6.33 Å². The maximum atomic E-state index is 12.2. The maximum Gasteiger partial charge on any atom is 0.279 e. The molecule has 0 unspecified atom stereocenters. The Labute approximate surface area is 107 Å². The number of aromatic nitrogens is 4. The fraction of sp³-hybridized carbons (Fsp3) is 0.250. The van der Waals surface area contributed by atoms with Crippen LogP contribution in [0.1, 0.15) is 13.3 Å². The van der Waals surface area contributed by atoms with Crippen molar-refractivity contribution in [3.8, 4) is 10.7 Å². The molecule has 18 heavy (non-hydrogen) atoms. The quantitative estimate of drug-likeness (QED) is 0.785. The average Bonchev–Trinajstić information content (AvgIpc) is 3.00. The number of imidazole rings is 1. The number of thiophene rings is 1. The van der Waals surface area contributed by atoms with Crippen LogP contribution in [0.25, 0.3) is 21.9 Å². The molecule has 3 aromatic heterocycles. The van der Waals surface area contributed by atoms with E-state index >= 15 is 0 Å². The Balaban J connectivity index is 2.18. The highest BCUT2D eigenvalue weighted by Crippen LogP contribution is 2.22. The van der Waals surface area contributed by atoms with E-state index in [9.17, 15) is 4.79 Å². The van der Waals surface area contributed by atoms with Gasteiger partial charge in [-0.3, -0.25) is 9.36 Å². The van der Waals surface area contributed by atoms with E-state index in [0.29, 0.717) is 23.5 Å². The van der Waals surface area contributed by atoms with Crippen LogP contribution in [-0.2, 0) is 6.54 Å². The molecule has 3 heterocycles. The summed E-state index contributed by atoms with van der Waals surface area (Å²) in [4.78, 5) is 24.8. The summed E-state index contributed by atoms with van der Waals surface area (Å²) in [6.07, 6.45) is 2.46. The predicted molar refractivity (Wildman–Crippen MR) is 71.8 cm³/mol. The van der Waals surface area contributed by atoms with Crippen molar-refractivity contribution in [2.45, 2.75) is 19.9 Å². The van der Waals surface area contributed by atoms with Crippen molar-refractivity contribution < 1.29 is 0 Å². The number of nitrogens with one attached hydrogen (secondary N) is 1. The largest absolute Gasteiger partial charge is 0.331 e. The van der Waals surface area contributed by atoms with Crippen molar-refractivity contribution in [3.05, 3.63) is 34.2 Å². The average molecular weight is 260 g/mol. The van der Waals surface area contributed by atoms with Crippen LogP contribution in [0.3, 0.4) is 0 Å². The molecule has 0 aromatic carbocycles. The van der Waals surface area contributed by atoms with Gasteiger partial charge in [0, 0.05) is 6.54 Å². The number of aryl methyl sites for hydroxylation is 1. The molecule has 0 aliphatic heterocycles. The van der Waals surface area contributed by atoms with E-state index in [-0.39, 0.29) is 5.56 Å². The molecule has 3 rings (SSSR count). The third-order valence-electron chi connectivity index (χ3n) is 2.70. The molecule has 1 N–H and O–H groups in total. The van der Waals surface area contributed by atoms with E-state index in [4.69, 9.17) is 0 Å². The number of hydrogen-bond donors (Lipinski definition) is 1. The van der Waals surface area contributed by atoms with Gasteiger partial charge in [0.2, 0.25) is 0 Å². The molecule has 3 aromatic rings. The molecule has 0 radical (unpaired) electrons. The van der Waals surface area contributed by atoms with E-state index in [0.717, 1.165) is 11.3 Å². The molecule has 0 saturated carbocycles. The summed E-state index contributed by atoms with van der Waals surface area (Å²) in [5.41, 5.74) is 0.905. The molecule has 0 fully saturated rings. The van der Waals surface area contributed by atoms with Gasteiger partial charge in [0.25, 0.3) is 5.56 Å². The van der Waals surface area contributed by atoms with Gasteiger partial charge in [-0.15, -0.1) is 11.3 Å². The number of aromatic amines is 1. The number of H-pyrrole nitrogens is 1. The highest BCUT2D eigenvalue weighted by atomic mass is 32.1. The van der Waals surface area contributed by atoms with Crippen molar-refractivity contribution in [1.29, 1.82) is 0 Å². The van der Waals surface area contributed by atoms with E-state index < -0.39 is 0 Å². The summed E-state index contributed by atoms with van der Waals surface area (Å²) < 4.78 is 1.61. The van der Waals surface area contributed by atoms with Gasteiger partial charge >= 0.3 is 0 Å². The summed E-state index contributed by atoms with van der Waals surface area (Å²) in [5, 5.41) is 1.98. The molecule has 0 saturated heterocycles.